The fraction of sp³-hybridized carbons (Fsp3) is 0.444. The Bertz CT molecular complexity index is 899. The highest BCUT2D eigenvalue weighted by atomic mass is 16.7. The third-order valence-electron chi connectivity index (χ3n) is 5.56. The van der Waals surface area contributed by atoms with Gasteiger partial charge in [0.2, 0.25) is 6.79 Å². The number of fused-ring (bicyclic) bond motifs is 1. The maximum atomic E-state index is 9.60. The number of aliphatic hydroxyl groups excluding tert-OH is 1. The fourth-order valence-corrected chi connectivity index (χ4v) is 3.72. The molecule has 0 aromatic heterocycles. The Morgan fingerprint density at radius 1 is 0.875 bits per heavy atom. The number of allylic oxidation sites excluding steroid dienone is 1. The Balaban J connectivity index is 1.37. The summed E-state index contributed by atoms with van der Waals surface area (Å²) in [5, 5.41) is 18.4. The van der Waals surface area contributed by atoms with Crippen molar-refractivity contribution in [3.05, 3.63) is 53.6 Å². The zero-order valence-electron chi connectivity index (χ0n) is 18.7. The molecule has 2 aromatic rings. The van der Waals surface area contributed by atoms with E-state index in [1.165, 1.54) is 38.5 Å². The molecule has 2 aromatic carbocycles. The van der Waals surface area contributed by atoms with Gasteiger partial charge in [0.15, 0.2) is 11.5 Å². The zero-order chi connectivity index (χ0) is 22.4. The quantitative estimate of drug-likeness (QED) is 0.212. The van der Waals surface area contributed by atoms with Crippen LogP contribution in [-0.2, 0) is 0 Å². The van der Waals surface area contributed by atoms with E-state index in [4.69, 9.17) is 19.3 Å². The topological polar surface area (TPSA) is 71.7 Å². The fourth-order valence-electron chi connectivity index (χ4n) is 3.72. The second-order valence-electron chi connectivity index (χ2n) is 8.06. The molecule has 0 amide bonds. The van der Waals surface area contributed by atoms with Crippen molar-refractivity contribution >= 4 is 11.6 Å². The van der Waals surface area contributed by atoms with Gasteiger partial charge in [0.25, 0.3) is 0 Å². The van der Waals surface area contributed by atoms with Gasteiger partial charge in [-0.05, 0) is 66.4 Å². The van der Waals surface area contributed by atoms with Crippen molar-refractivity contribution in [2.45, 2.75) is 57.8 Å². The van der Waals surface area contributed by atoms with Crippen molar-refractivity contribution in [2.75, 3.05) is 20.0 Å². The molecule has 32 heavy (non-hydrogen) atoms. The van der Waals surface area contributed by atoms with Crippen LogP contribution in [0.1, 0.15) is 68.9 Å². The number of hydrogen-bond acceptors (Lipinski definition) is 5. The summed E-state index contributed by atoms with van der Waals surface area (Å²) in [5.41, 5.74) is 2.35. The van der Waals surface area contributed by atoms with Crippen molar-refractivity contribution in [1.82, 2.24) is 0 Å². The molecule has 5 heteroatoms. The maximum Gasteiger partial charge on any atom is 0.231 e. The molecule has 0 spiro atoms. The van der Waals surface area contributed by atoms with Crippen LogP contribution in [0.5, 0.6) is 17.2 Å². The Kier molecular flexibility index (Phi) is 9.95. The minimum absolute atomic E-state index is 0.237. The lowest BCUT2D eigenvalue weighted by molar-refractivity contribution is 0.174. The number of benzene rings is 2. The monoisotopic (exact) mass is 435 g/mol. The van der Waals surface area contributed by atoms with Gasteiger partial charge in [0.1, 0.15) is 5.75 Å². The molecule has 170 valence electrons. The van der Waals surface area contributed by atoms with E-state index < -0.39 is 0 Å². The SMILES string of the molecule is N#C/C(=C\c1ccc2c(c1)OCO2)c1ccc(OCCCCCCCCCCCO)cc1. The average molecular weight is 436 g/mol. The van der Waals surface area contributed by atoms with Gasteiger partial charge in [-0.2, -0.15) is 5.26 Å². The third kappa shape index (κ3) is 7.62. The molecular formula is C27H33NO4. The third-order valence-corrected chi connectivity index (χ3v) is 5.56. The van der Waals surface area contributed by atoms with E-state index in [1.807, 2.05) is 48.5 Å². The Hall–Kier alpha value is -2.97. The van der Waals surface area contributed by atoms with Crippen LogP contribution in [0.2, 0.25) is 0 Å². The summed E-state index contributed by atoms with van der Waals surface area (Å²) < 4.78 is 16.6. The van der Waals surface area contributed by atoms with Crippen LogP contribution in [0.4, 0.5) is 0 Å². The number of nitrogens with zero attached hydrogens (tertiary/aromatic N) is 1. The van der Waals surface area contributed by atoms with Crippen molar-refractivity contribution in [2.24, 2.45) is 0 Å². The lowest BCUT2D eigenvalue weighted by Crippen LogP contribution is -1.97. The van der Waals surface area contributed by atoms with Crippen molar-refractivity contribution in [3.8, 4) is 23.3 Å². The van der Waals surface area contributed by atoms with E-state index >= 15 is 0 Å². The van der Waals surface area contributed by atoms with Gasteiger partial charge in [-0.1, -0.05) is 51.0 Å². The summed E-state index contributed by atoms with van der Waals surface area (Å²) >= 11 is 0. The van der Waals surface area contributed by atoms with Crippen molar-refractivity contribution < 1.29 is 19.3 Å². The summed E-state index contributed by atoms with van der Waals surface area (Å²) in [7, 11) is 0. The van der Waals surface area contributed by atoms with Gasteiger partial charge in [-0.3, -0.25) is 0 Å². The lowest BCUT2D eigenvalue weighted by Gasteiger charge is -2.07. The van der Waals surface area contributed by atoms with Crippen LogP contribution in [0.25, 0.3) is 11.6 Å². The molecule has 5 nitrogen and oxygen atoms in total. The largest absolute Gasteiger partial charge is 0.494 e. The highest BCUT2D eigenvalue weighted by Crippen LogP contribution is 2.33. The Labute approximate surface area is 191 Å². The molecule has 0 atom stereocenters. The normalized spacial score (nSPS) is 12.6. The predicted octanol–water partition coefficient (Wildman–Crippen LogP) is 6.36. The number of nitriles is 1. The Morgan fingerprint density at radius 3 is 2.22 bits per heavy atom. The van der Waals surface area contributed by atoms with E-state index in [2.05, 4.69) is 6.07 Å². The van der Waals surface area contributed by atoms with Gasteiger partial charge in [-0.15, -0.1) is 0 Å². The van der Waals surface area contributed by atoms with Gasteiger partial charge >= 0.3 is 0 Å². The minimum atomic E-state index is 0.237. The van der Waals surface area contributed by atoms with Crippen LogP contribution in [0.15, 0.2) is 42.5 Å². The number of unbranched alkanes of at least 4 members (excludes halogenated alkanes) is 8. The lowest BCUT2D eigenvalue weighted by atomic mass is 10.0. The molecule has 1 N–H and O–H groups in total. The highest BCUT2D eigenvalue weighted by Gasteiger charge is 2.13. The Morgan fingerprint density at radius 2 is 1.53 bits per heavy atom. The molecular weight excluding hydrogens is 402 g/mol. The molecule has 0 aliphatic carbocycles. The summed E-state index contributed by atoms with van der Waals surface area (Å²) in [6.45, 7) is 1.27. The van der Waals surface area contributed by atoms with E-state index in [0.717, 1.165) is 41.9 Å². The molecule has 3 rings (SSSR count). The van der Waals surface area contributed by atoms with E-state index in [-0.39, 0.29) is 6.79 Å². The van der Waals surface area contributed by atoms with Crippen LogP contribution >= 0.6 is 0 Å². The molecule has 0 saturated carbocycles. The number of aliphatic hydroxyl groups is 1. The molecule has 1 aliphatic rings. The van der Waals surface area contributed by atoms with Crippen LogP contribution < -0.4 is 14.2 Å². The molecule has 0 saturated heterocycles. The standard InChI is InChI=1S/C27H33NO4/c28-20-24(18-22-10-15-26-27(19-22)32-21-31-26)23-11-13-25(14-12-23)30-17-9-7-5-3-1-2-4-6-8-16-29/h10-15,18-19,29H,1-9,16-17,21H2/b24-18+. The summed E-state index contributed by atoms with van der Waals surface area (Å²) in [6.07, 6.45) is 12.5. The first-order valence-corrected chi connectivity index (χ1v) is 11.7. The first-order chi connectivity index (χ1) is 15.8. The summed E-state index contributed by atoms with van der Waals surface area (Å²) in [6, 6.07) is 15.6. The summed E-state index contributed by atoms with van der Waals surface area (Å²) in [4.78, 5) is 0. The molecule has 1 aliphatic heterocycles. The molecule has 0 fully saturated rings. The van der Waals surface area contributed by atoms with E-state index in [1.54, 1.807) is 0 Å². The number of hydrogen-bond donors (Lipinski definition) is 1. The second kappa shape index (κ2) is 13.4. The zero-order valence-corrected chi connectivity index (χ0v) is 18.7. The van der Waals surface area contributed by atoms with Gasteiger partial charge < -0.3 is 19.3 Å². The van der Waals surface area contributed by atoms with E-state index in [0.29, 0.717) is 24.5 Å². The molecule has 0 unspecified atom stereocenters. The first kappa shape index (κ1) is 23.7. The molecule has 1 heterocycles. The minimum Gasteiger partial charge on any atom is -0.494 e. The van der Waals surface area contributed by atoms with Crippen LogP contribution in [0, 0.1) is 11.3 Å². The predicted molar refractivity (Wildman–Crippen MR) is 127 cm³/mol. The second-order valence-corrected chi connectivity index (χ2v) is 8.06. The summed E-state index contributed by atoms with van der Waals surface area (Å²) in [5.74, 6) is 2.27. The molecule has 0 bridgehead atoms. The number of ether oxygens (including phenoxy) is 3. The van der Waals surface area contributed by atoms with Gasteiger partial charge in [0.05, 0.1) is 18.2 Å². The van der Waals surface area contributed by atoms with Crippen LogP contribution in [-0.4, -0.2) is 25.1 Å². The van der Waals surface area contributed by atoms with Gasteiger partial charge in [0, 0.05) is 6.61 Å². The van der Waals surface area contributed by atoms with Crippen molar-refractivity contribution in [3.63, 3.8) is 0 Å². The highest BCUT2D eigenvalue weighted by molar-refractivity contribution is 5.90. The van der Waals surface area contributed by atoms with Crippen LogP contribution in [0.3, 0.4) is 0 Å². The van der Waals surface area contributed by atoms with Crippen molar-refractivity contribution in [1.29, 1.82) is 5.26 Å². The maximum absolute atomic E-state index is 9.60. The average Bonchev–Trinajstić information content (AvgIpc) is 3.29. The number of rotatable bonds is 14. The first-order valence-electron chi connectivity index (χ1n) is 11.7. The van der Waals surface area contributed by atoms with Gasteiger partial charge in [-0.25, -0.2) is 0 Å². The smallest absolute Gasteiger partial charge is 0.231 e. The molecule has 0 radical (unpaired) electrons. The van der Waals surface area contributed by atoms with E-state index in [9.17, 15) is 5.26 Å².